The molecule has 9 heteroatoms. The Morgan fingerprint density at radius 3 is 2.60 bits per heavy atom. The number of rotatable bonds is 6. The van der Waals surface area contributed by atoms with Gasteiger partial charge >= 0.3 is 5.69 Å². The third-order valence-electron chi connectivity index (χ3n) is 2.71. The van der Waals surface area contributed by atoms with E-state index in [-0.39, 0.29) is 24.0 Å². The predicted octanol–water partition coefficient (Wildman–Crippen LogP) is 0.190. The third kappa shape index (κ3) is 3.54. The fourth-order valence-corrected chi connectivity index (χ4v) is 1.54. The second kappa shape index (κ2) is 6.66. The number of hydrogen-bond donors (Lipinski definition) is 2. The summed E-state index contributed by atoms with van der Waals surface area (Å²) in [6, 6.07) is 2.71. The number of nitrogens with one attached hydrogen (secondary N) is 1. The molecule has 1 heterocycles. The summed E-state index contributed by atoms with van der Waals surface area (Å²) in [5.41, 5.74) is 2.16. The molecule has 1 amide bonds. The van der Waals surface area contributed by atoms with Crippen molar-refractivity contribution in [2.45, 2.75) is 6.92 Å². The molecule has 9 nitrogen and oxygen atoms in total. The van der Waals surface area contributed by atoms with Crippen molar-refractivity contribution in [3.8, 4) is 0 Å². The minimum absolute atomic E-state index is 0.00532. The Bertz CT molecular complexity index is 505. The standard InChI is InChI=1S/C11H18N6O3/c1-4-16(7-10(18)15(2)3)11-8(17(19)20)5-6-9(13-11)14-12/h5-6H,4,7,12H2,1-3H3,(H,13,14). The van der Waals surface area contributed by atoms with Gasteiger partial charge in [-0.1, -0.05) is 0 Å². The van der Waals surface area contributed by atoms with Gasteiger partial charge in [0, 0.05) is 26.7 Å². The number of likely N-dealkylation sites (N-methyl/N-ethyl adjacent to an activating group) is 2. The van der Waals surface area contributed by atoms with Crippen LogP contribution in [0.25, 0.3) is 0 Å². The van der Waals surface area contributed by atoms with Crippen LogP contribution in [-0.2, 0) is 4.79 Å². The highest BCUT2D eigenvalue weighted by atomic mass is 16.6. The third-order valence-corrected chi connectivity index (χ3v) is 2.71. The van der Waals surface area contributed by atoms with Crippen molar-refractivity contribution in [1.29, 1.82) is 0 Å². The summed E-state index contributed by atoms with van der Waals surface area (Å²) >= 11 is 0. The smallest absolute Gasteiger partial charge is 0.311 e. The molecule has 0 unspecified atom stereocenters. The first-order valence-electron chi connectivity index (χ1n) is 5.97. The van der Waals surface area contributed by atoms with Gasteiger partial charge in [0.15, 0.2) is 0 Å². The molecule has 1 aromatic heterocycles. The first-order valence-corrected chi connectivity index (χ1v) is 5.97. The van der Waals surface area contributed by atoms with Gasteiger partial charge in [-0.15, -0.1) is 0 Å². The lowest BCUT2D eigenvalue weighted by Crippen LogP contribution is -2.37. The van der Waals surface area contributed by atoms with E-state index in [4.69, 9.17) is 5.84 Å². The lowest BCUT2D eigenvalue weighted by atomic mass is 10.3. The lowest BCUT2D eigenvalue weighted by molar-refractivity contribution is -0.384. The normalized spacial score (nSPS) is 10.0. The van der Waals surface area contributed by atoms with Gasteiger partial charge in [-0.05, 0) is 13.0 Å². The zero-order valence-corrected chi connectivity index (χ0v) is 11.7. The number of pyridine rings is 1. The summed E-state index contributed by atoms with van der Waals surface area (Å²) in [4.78, 5) is 29.3. The van der Waals surface area contributed by atoms with Gasteiger partial charge in [0.05, 0.1) is 11.5 Å². The molecule has 0 aliphatic carbocycles. The zero-order valence-electron chi connectivity index (χ0n) is 11.7. The van der Waals surface area contributed by atoms with Crippen molar-refractivity contribution in [3.63, 3.8) is 0 Å². The maximum absolute atomic E-state index is 11.8. The lowest BCUT2D eigenvalue weighted by Gasteiger charge is -2.23. The van der Waals surface area contributed by atoms with Crippen molar-refractivity contribution in [2.75, 3.05) is 37.5 Å². The molecule has 3 N–H and O–H groups in total. The number of aromatic nitrogens is 1. The van der Waals surface area contributed by atoms with Gasteiger partial charge in [-0.25, -0.2) is 10.8 Å². The summed E-state index contributed by atoms with van der Waals surface area (Å²) in [6.45, 7) is 2.20. The van der Waals surface area contributed by atoms with E-state index in [0.717, 1.165) is 0 Å². The van der Waals surface area contributed by atoms with Crippen molar-refractivity contribution in [1.82, 2.24) is 9.88 Å². The molecule has 0 bridgehead atoms. The molecule has 20 heavy (non-hydrogen) atoms. The van der Waals surface area contributed by atoms with Gasteiger partial charge < -0.3 is 15.2 Å². The average Bonchev–Trinajstić information content (AvgIpc) is 2.43. The monoisotopic (exact) mass is 282 g/mol. The minimum atomic E-state index is -0.536. The van der Waals surface area contributed by atoms with E-state index in [1.807, 2.05) is 0 Å². The highest BCUT2D eigenvalue weighted by Crippen LogP contribution is 2.27. The van der Waals surface area contributed by atoms with E-state index in [1.54, 1.807) is 21.0 Å². The number of nitrogens with two attached hydrogens (primary N) is 1. The summed E-state index contributed by atoms with van der Waals surface area (Å²) in [6.07, 6.45) is 0. The molecule has 0 aliphatic heterocycles. The molecule has 0 radical (unpaired) electrons. The fraction of sp³-hybridized carbons (Fsp3) is 0.455. The van der Waals surface area contributed by atoms with Gasteiger partial charge in [0.1, 0.15) is 5.82 Å². The van der Waals surface area contributed by atoms with Gasteiger partial charge in [-0.3, -0.25) is 14.9 Å². The van der Waals surface area contributed by atoms with E-state index < -0.39 is 4.92 Å². The second-order valence-corrected chi connectivity index (χ2v) is 4.24. The largest absolute Gasteiger partial charge is 0.347 e. The Morgan fingerprint density at radius 2 is 2.15 bits per heavy atom. The number of nitrogen functional groups attached to an aromatic ring is 1. The molecule has 0 saturated heterocycles. The SMILES string of the molecule is CCN(CC(=O)N(C)C)c1nc(NN)ccc1[N+](=O)[O-]. The number of carbonyl (C=O) groups excluding carboxylic acids is 1. The molecule has 0 atom stereocenters. The molecule has 0 aliphatic rings. The highest BCUT2D eigenvalue weighted by molar-refractivity contribution is 5.81. The van der Waals surface area contributed by atoms with Gasteiger partial charge in [-0.2, -0.15) is 0 Å². The summed E-state index contributed by atoms with van der Waals surface area (Å²) in [5, 5.41) is 11.1. The van der Waals surface area contributed by atoms with Gasteiger partial charge in [0.25, 0.3) is 0 Å². The number of hydrogen-bond acceptors (Lipinski definition) is 7. The molecule has 110 valence electrons. The molecule has 0 aromatic carbocycles. The van der Waals surface area contributed by atoms with Crippen LogP contribution in [0.3, 0.4) is 0 Å². The molecule has 1 aromatic rings. The van der Waals surface area contributed by atoms with E-state index in [1.165, 1.54) is 21.9 Å². The number of nitrogens with zero attached hydrogens (tertiary/aromatic N) is 4. The van der Waals surface area contributed by atoms with Crippen LogP contribution < -0.4 is 16.2 Å². The van der Waals surface area contributed by atoms with Crippen molar-refractivity contribution in [3.05, 3.63) is 22.2 Å². The molecule has 0 fully saturated rings. The van der Waals surface area contributed by atoms with Crippen LogP contribution in [-0.4, -0.2) is 47.9 Å². The fourth-order valence-electron chi connectivity index (χ4n) is 1.54. The maximum Gasteiger partial charge on any atom is 0.311 e. The summed E-state index contributed by atoms with van der Waals surface area (Å²) < 4.78 is 0. The molecular formula is C11H18N6O3. The van der Waals surface area contributed by atoms with Crippen molar-refractivity contribution < 1.29 is 9.72 Å². The Balaban J connectivity index is 3.18. The maximum atomic E-state index is 11.8. The summed E-state index contributed by atoms with van der Waals surface area (Å²) in [5.74, 6) is 5.49. The Labute approximate surface area is 116 Å². The van der Waals surface area contributed by atoms with Gasteiger partial charge in [0.2, 0.25) is 11.7 Å². The predicted molar refractivity (Wildman–Crippen MR) is 75.3 cm³/mol. The van der Waals surface area contributed by atoms with Crippen LogP contribution in [0.2, 0.25) is 0 Å². The molecule has 0 spiro atoms. The first-order chi connectivity index (χ1) is 9.40. The summed E-state index contributed by atoms with van der Waals surface area (Å²) in [7, 11) is 3.24. The zero-order chi connectivity index (χ0) is 15.3. The Kier molecular flexibility index (Phi) is 5.21. The van der Waals surface area contributed by atoms with Crippen molar-refractivity contribution in [2.24, 2.45) is 5.84 Å². The van der Waals surface area contributed by atoms with E-state index in [0.29, 0.717) is 12.4 Å². The minimum Gasteiger partial charge on any atom is -0.347 e. The van der Waals surface area contributed by atoms with Crippen LogP contribution in [0, 0.1) is 10.1 Å². The first kappa shape index (κ1) is 15.6. The topological polar surface area (TPSA) is 118 Å². The van der Waals surface area contributed by atoms with E-state index in [9.17, 15) is 14.9 Å². The molecule has 0 saturated carbocycles. The Hall–Kier alpha value is -2.42. The molecule has 1 rings (SSSR count). The van der Waals surface area contributed by atoms with E-state index >= 15 is 0 Å². The quantitative estimate of drug-likeness (QED) is 0.434. The van der Waals surface area contributed by atoms with E-state index in [2.05, 4.69) is 10.4 Å². The number of nitro groups is 1. The highest BCUT2D eigenvalue weighted by Gasteiger charge is 2.23. The average molecular weight is 282 g/mol. The number of anilines is 2. The van der Waals surface area contributed by atoms with Crippen molar-refractivity contribution >= 4 is 23.2 Å². The van der Waals surface area contributed by atoms with Crippen LogP contribution >= 0.6 is 0 Å². The number of hydrazine groups is 1. The molecular weight excluding hydrogens is 264 g/mol. The van der Waals surface area contributed by atoms with Crippen LogP contribution in [0.15, 0.2) is 12.1 Å². The van der Waals surface area contributed by atoms with Crippen LogP contribution in [0.1, 0.15) is 6.92 Å². The number of amides is 1. The van der Waals surface area contributed by atoms with Crippen LogP contribution in [0.5, 0.6) is 0 Å². The number of carbonyl (C=O) groups is 1. The van der Waals surface area contributed by atoms with Crippen LogP contribution in [0.4, 0.5) is 17.3 Å². The Morgan fingerprint density at radius 1 is 1.50 bits per heavy atom. The second-order valence-electron chi connectivity index (χ2n) is 4.24.